The number of nitro benzene ring substituents is 1. The fourth-order valence-electron chi connectivity index (χ4n) is 2.43. The van der Waals surface area contributed by atoms with Crippen LogP contribution in [0.3, 0.4) is 0 Å². The van der Waals surface area contributed by atoms with Gasteiger partial charge in [-0.25, -0.2) is 8.42 Å². The summed E-state index contributed by atoms with van der Waals surface area (Å²) in [6.45, 7) is 2.25. The van der Waals surface area contributed by atoms with E-state index in [-0.39, 0.29) is 18.0 Å². The van der Waals surface area contributed by atoms with Crippen LogP contribution in [0.5, 0.6) is 5.75 Å². The van der Waals surface area contributed by atoms with Crippen LogP contribution >= 0.6 is 0 Å². The van der Waals surface area contributed by atoms with Crippen LogP contribution in [0.4, 0.5) is 5.69 Å². The summed E-state index contributed by atoms with van der Waals surface area (Å²) >= 11 is 0. The first-order chi connectivity index (χ1) is 11.9. The Balaban J connectivity index is 2.39. The van der Waals surface area contributed by atoms with Crippen LogP contribution in [0, 0.1) is 10.1 Å². The molecule has 0 aliphatic rings. The molecular weight excluding hydrogens is 344 g/mol. The average molecular weight is 364 g/mol. The third-order valence-electron chi connectivity index (χ3n) is 3.67. The number of ether oxygens (including phenoxy) is 1. The average Bonchev–Trinajstić information content (AvgIpc) is 2.62. The van der Waals surface area contributed by atoms with Crippen molar-refractivity contribution in [3.8, 4) is 5.75 Å². The van der Waals surface area contributed by atoms with Crippen LogP contribution in [0.1, 0.15) is 18.9 Å². The van der Waals surface area contributed by atoms with Gasteiger partial charge < -0.3 is 4.74 Å². The molecule has 0 aromatic heterocycles. The number of rotatable bonds is 8. The molecule has 0 amide bonds. The quantitative estimate of drug-likeness (QED) is 0.530. The minimum absolute atomic E-state index is 0.131. The lowest BCUT2D eigenvalue weighted by Gasteiger charge is -2.21. The van der Waals surface area contributed by atoms with Crippen LogP contribution < -0.4 is 4.74 Å². The SMILES string of the molecule is CCCN(Cc1ccc(OC)cc1)S(=O)(=O)c1ccccc1[N+](=O)[O-]. The van der Waals surface area contributed by atoms with Crippen molar-refractivity contribution in [3.05, 3.63) is 64.2 Å². The van der Waals surface area contributed by atoms with Gasteiger partial charge in [0.1, 0.15) is 5.75 Å². The second-order valence-electron chi connectivity index (χ2n) is 5.41. The van der Waals surface area contributed by atoms with Gasteiger partial charge in [0.2, 0.25) is 10.0 Å². The topological polar surface area (TPSA) is 89.8 Å². The lowest BCUT2D eigenvalue weighted by molar-refractivity contribution is -0.387. The highest BCUT2D eigenvalue weighted by atomic mass is 32.2. The van der Waals surface area contributed by atoms with E-state index < -0.39 is 20.6 Å². The molecular formula is C17H20N2O5S. The number of nitrogens with zero attached hydrogens (tertiary/aromatic N) is 2. The zero-order chi connectivity index (χ0) is 18.4. The molecule has 0 unspecified atom stereocenters. The van der Waals surface area contributed by atoms with Crippen LogP contribution in [-0.4, -0.2) is 31.3 Å². The second kappa shape index (κ2) is 8.09. The summed E-state index contributed by atoms with van der Waals surface area (Å²) in [5.74, 6) is 0.673. The van der Waals surface area contributed by atoms with Crippen LogP contribution in [0.15, 0.2) is 53.4 Å². The molecule has 0 spiro atoms. The molecule has 2 aromatic rings. The largest absolute Gasteiger partial charge is 0.497 e. The van der Waals surface area contributed by atoms with E-state index in [1.807, 2.05) is 6.92 Å². The summed E-state index contributed by atoms with van der Waals surface area (Å²) in [6, 6.07) is 12.4. The minimum atomic E-state index is -3.99. The predicted octanol–water partition coefficient (Wildman–Crippen LogP) is 3.20. The maximum Gasteiger partial charge on any atom is 0.289 e. The Bertz CT molecular complexity index is 834. The van der Waals surface area contributed by atoms with Crippen molar-refractivity contribution in [1.29, 1.82) is 0 Å². The summed E-state index contributed by atoms with van der Waals surface area (Å²) in [6.07, 6.45) is 0.593. The summed E-state index contributed by atoms with van der Waals surface area (Å²) in [5.41, 5.74) is 0.356. The zero-order valence-corrected chi connectivity index (χ0v) is 14.9. The molecule has 134 valence electrons. The number of para-hydroxylation sites is 1. The predicted molar refractivity (Wildman–Crippen MR) is 94.0 cm³/mol. The van der Waals surface area contributed by atoms with Gasteiger partial charge in [-0.15, -0.1) is 0 Å². The monoisotopic (exact) mass is 364 g/mol. The molecule has 0 fully saturated rings. The molecule has 0 atom stereocenters. The third kappa shape index (κ3) is 4.34. The highest BCUT2D eigenvalue weighted by molar-refractivity contribution is 7.89. The number of benzene rings is 2. The first-order valence-corrected chi connectivity index (χ1v) is 9.20. The van der Waals surface area contributed by atoms with Gasteiger partial charge in [-0.05, 0) is 30.2 Å². The Morgan fingerprint density at radius 2 is 1.76 bits per heavy atom. The van der Waals surface area contributed by atoms with E-state index in [2.05, 4.69) is 0 Å². The van der Waals surface area contributed by atoms with E-state index in [1.165, 1.54) is 28.6 Å². The van der Waals surface area contributed by atoms with Crippen molar-refractivity contribution < 1.29 is 18.1 Å². The van der Waals surface area contributed by atoms with E-state index in [9.17, 15) is 18.5 Å². The summed E-state index contributed by atoms with van der Waals surface area (Å²) < 4.78 is 32.3. The minimum Gasteiger partial charge on any atom is -0.497 e. The van der Waals surface area contributed by atoms with Gasteiger partial charge in [0, 0.05) is 19.2 Å². The van der Waals surface area contributed by atoms with Crippen molar-refractivity contribution in [2.45, 2.75) is 24.8 Å². The van der Waals surface area contributed by atoms with Crippen LogP contribution in [0.25, 0.3) is 0 Å². The third-order valence-corrected chi connectivity index (χ3v) is 5.56. The summed E-state index contributed by atoms with van der Waals surface area (Å²) in [4.78, 5) is 10.2. The second-order valence-corrected chi connectivity index (χ2v) is 7.32. The van der Waals surface area contributed by atoms with Gasteiger partial charge in [-0.3, -0.25) is 10.1 Å². The van der Waals surface area contributed by atoms with E-state index in [0.717, 1.165) is 5.56 Å². The highest BCUT2D eigenvalue weighted by Crippen LogP contribution is 2.27. The van der Waals surface area contributed by atoms with Gasteiger partial charge in [0.15, 0.2) is 4.90 Å². The first kappa shape index (κ1) is 18.9. The Morgan fingerprint density at radius 1 is 1.12 bits per heavy atom. The number of nitro groups is 1. The first-order valence-electron chi connectivity index (χ1n) is 7.76. The van der Waals surface area contributed by atoms with Gasteiger partial charge in [0.25, 0.3) is 5.69 Å². The molecule has 7 nitrogen and oxygen atoms in total. The van der Waals surface area contributed by atoms with E-state index >= 15 is 0 Å². The Morgan fingerprint density at radius 3 is 2.32 bits per heavy atom. The molecule has 2 aromatic carbocycles. The molecule has 0 aliphatic heterocycles. The fraction of sp³-hybridized carbons (Fsp3) is 0.294. The summed E-state index contributed by atoms with van der Waals surface area (Å²) in [5, 5.41) is 11.2. The smallest absolute Gasteiger partial charge is 0.289 e. The molecule has 25 heavy (non-hydrogen) atoms. The molecule has 0 bridgehead atoms. The summed E-state index contributed by atoms with van der Waals surface area (Å²) in [7, 11) is -2.44. The molecule has 8 heteroatoms. The lowest BCUT2D eigenvalue weighted by atomic mass is 10.2. The Labute approximate surface area is 147 Å². The number of methoxy groups -OCH3 is 1. The van der Waals surface area contributed by atoms with Crippen molar-refractivity contribution >= 4 is 15.7 Å². The number of hydrogen-bond donors (Lipinski definition) is 0. The zero-order valence-electron chi connectivity index (χ0n) is 14.1. The number of hydrogen-bond acceptors (Lipinski definition) is 5. The van der Waals surface area contributed by atoms with E-state index in [1.54, 1.807) is 31.4 Å². The molecule has 0 saturated heterocycles. The van der Waals surface area contributed by atoms with E-state index in [4.69, 9.17) is 4.74 Å². The van der Waals surface area contributed by atoms with Crippen LogP contribution in [-0.2, 0) is 16.6 Å². The van der Waals surface area contributed by atoms with Crippen molar-refractivity contribution in [3.63, 3.8) is 0 Å². The Kier molecular flexibility index (Phi) is 6.11. The highest BCUT2D eigenvalue weighted by Gasteiger charge is 2.30. The van der Waals surface area contributed by atoms with Crippen molar-refractivity contribution in [2.75, 3.05) is 13.7 Å². The van der Waals surface area contributed by atoms with E-state index in [0.29, 0.717) is 12.2 Å². The molecule has 0 radical (unpaired) electrons. The normalized spacial score (nSPS) is 11.5. The molecule has 0 heterocycles. The maximum atomic E-state index is 13.0. The molecule has 0 saturated carbocycles. The lowest BCUT2D eigenvalue weighted by Crippen LogP contribution is -2.31. The van der Waals surface area contributed by atoms with Crippen molar-refractivity contribution in [1.82, 2.24) is 4.31 Å². The van der Waals surface area contributed by atoms with Gasteiger partial charge in [0.05, 0.1) is 12.0 Å². The van der Waals surface area contributed by atoms with Gasteiger partial charge >= 0.3 is 0 Å². The van der Waals surface area contributed by atoms with Crippen molar-refractivity contribution in [2.24, 2.45) is 0 Å². The standard InChI is InChI=1S/C17H20N2O5S/c1-3-12-18(13-14-8-10-15(24-2)11-9-14)25(22,23)17-7-5-4-6-16(17)19(20)21/h4-11H,3,12-13H2,1-2H3. The van der Waals surface area contributed by atoms with Gasteiger partial charge in [-0.1, -0.05) is 31.2 Å². The molecule has 0 N–H and O–H groups in total. The molecule has 2 rings (SSSR count). The fourth-order valence-corrected chi connectivity index (χ4v) is 4.11. The number of sulfonamides is 1. The van der Waals surface area contributed by atoms with Gasteiger partial charge in [-0.2, -0.15) is 4.31 Å². The van der Waals surface area contributed by atoms with Crippen LogP contribution in [0.2, 0.25) is 0 Å². The maximum absolute atomic E-state index is 13.0. The Hall–Kier alpha value is -2.45. The molecule has 0 aliphatic carbocycles.